The summed E-state index contributed by atoms with van der Waals surface area (Å²) in [5, 5.41) is 0.114. The summed E-state index contributed by atoms with van der Waals surface area (Å²) < 4.78 is 0. The van der Waals surface area contributed by atoms with Gasteiger partial charge >= 0.3 is 0 Å². The first kappa shape index (κ1) is 14.6. The van der Waals surface area contributed by atoms with Crippen molar-refractivity contribution in [3.8, 4) is 11.3 Å². The number of nitrogens with zero attached hydrogens (tertiary/aromatic N) is 2. The van der Waals surface area contributed by atoms with E-state index >= 15 is 0 Å². The molecule has 24 heavy (non-hydrogen) atoms. The molecule has 0 atom stereocenters. The Bertz CT molecular complexity index is 1030. The first-order valence-corrected chi connectivity index (χ1v) is 7.81. The molecule has 2 aromatic heterocycles. The van der Waals surface area contributed by atoms with E-state index in [9.17, 15) is 4.79 Å². The number of carbonyl (C=O) groups excluding carboxylic acids is 1. The maximum Gasteiger partial charge on any atom is 0.223 e. The highest BCUT2D eigenvalue weighted by Crippen LogP contribution is 2.31. The number of halogens is 1. The molecule has 116 valence electrons. The van der Waals surface area contributed by atoms with Crippen molar-refractivity contribution in [1.82, 2.24) is 15.0 Å². The quantitative estimate of drug-likeness (QED) is 0.443. The summed E-state index contributed by atoms with van der Waals surface area (Å²) >= 11 is 5.95. The summed E-state index contributed by atoms with van der Waals surface area (Å²) in [6.07, 6.45) is 1.60. The molecule has 5 heteroatoms. The average molecular weight is 334 g/mol. The number of carbonyl (C=O) groups is 1. The number of nitrogens with one attached hydrogen (secondary N) is 1. The third kappa shape index (κ3) is 2.47. The van der Waals surface area contributed by atoms with Crippen molar-refractivity contribution in [3.63, 3.8) is 0 Å². The Hall–Kier alpha value is -2.98. The smallest absolute Gasteiger partial charge is 0.223 e. The number of aromatic nitrogens is 3. The van der Waals surface area contributed by atoms with Crippen LogP contribution in [0.15, 0.2) is 66.9 Å². The molecule has 0 aliphatic rings. The van der Waals surface area contributed by atoms with Gasteiger partial charge in [-0.1, -0.05) is 60.7 Å². The first-order valence-electron chi connectivity index (χ1n) is 7.43. The molecule has 1 N–H and O–H groups in total. The lowest BCUT2D eigenvalue weighted by Crippen LogP contribution is -2.03. The topological polar surface area (TPSA) is 58.6 Å². The summed E-state index contributed by atoms with van der Waals surface area (Å²) in [4.78, 5) is 24.6. The van der Waals surface area contributed by atoms with Gasteiger partial charge in [-0.05, 0) is 17.2 Å². The van der Waals surface area contributed by atoms with Crippen LogP contribution in [0.25, 0.3) is 22.3 Å². The van der Waals surface area contributed by atoms with Gasteiger partial charge in [0.1, 0.15) is 5.52 Å². The second-order valence-corrected chi connectivity index (χ2v) is 5.68. The number of benzene rings is 2. The third-order valence-corrected chi connectivity index (χ3v) is 4.01. The van der Waals surface area contributed by atoms with Crippen LogP contribution in [-0.4, -0.2) is 20.7 Å². The highest BCUT2D eigenvalue weighted by Gasteiger charge is 2.22. The molecular formula is C19H12ClN3O. The molecule has 0 unspecified atom stereocenters. The lowest BCUT2D eigenvalue weighted by atomic mass is 9.99. The molecule has 0 radical (unpaired) electrons. The Labute approximate surface area is 143 Å². The van der Waals surface area contributed by atoms with Crippen LogP contribution in [0.3, 0.4) is 0 Å². The third-order valence-electron chi connectivity index (χ3n) is 3.83. The van der Waals surface area contributed by atoms with Gasteiger partial charge < -0.3 is 4.98 Å². The van der Waals surface area contributed by atoms with E-state index in [1.165, 1.54) is 0 Å². The van der Waals surface area contributed by atoms with Gasteiger partial charge in [0.05, 0.1) is 23.0 Å². The molecule has 0 saturated carbocycles. The van der Waals surface area contributed by atoms with Crippen molar-refractivity contribution in [2.45, 2.75) is 0 Å². The van der Waals surface area contributed by atoms with E-state index in [1.54, 1.807) is 18.3 Å². The van der Waals surface area contributed by atoms with E-state index < -0.39 is 0 Å². The molecular weight excluding hydrogens is 322 g/mol. The van der Waals surface area contributed by atoms with Gasteiger partial charge in [-0.2, -0.15) is 0 Å². The van der Waals surface area contributed by atoms with E-state index in [2.05, 4.69) is 15.0 Å². The van der Waals surface area contributed by atoms with Crippen LogP contribution in [0.4, 0.5) is 0 Å². The minimum atomic E-state index is -0.101. The van der Waals surface area contributed by atoms with Crippen molar-refractivity contribution >= 4 is 28.4 Å². The Morgan fingerprint density at radius 3 is 2.33 bits per heavy atom. The Kier molecular flexibility index (Phi) is 3.59. The predicted octanol–water partition coefficient (Wildman–Crippen LogP) is 4.51. The molecule has 0 aliphatic carbocycles. The van der Waals surface area contributed by atoms with Gasteiger partial charge in [0.2, 0.25) is 5.28 Å². The fraction of sp³-hybridized carbons (Fsp3) is 0. The second-order valence-electron chi connectivity index (χ2n) is 5.34. The Morgan fingerprint density at radius 2 is 1.62 bits per heavy atom. The Morgan fingerprint density at radius 1 is 0.958 bits per heavy atom. The number of ketones is 1. The van der Waals surface area contributed by atoms with Crippen LogP contribution in [-0.2, 0) is 0 Å². The molecule has 4 aromatic rings. The molecule has 4 rings (SSSR count). The van der Waals surface area contributed by atoms with Crippen LogP contribution < -0.4 is 0 Å². The van der Waals surface area contributed by atoms with Crippen molar-refractivity contribution in [2.75, 3.05) is 0 Å². The molecule has 4 nitrogen and oxygen atoms in total. The van der Waals surface area contributed by atoms with Gasteiger partial charge in [-0.3, -0.25) is 4.79 Å². The fourth-order valence-corrected chi connectivity index (χ4v) is 2.87. The molecule has 0 amide bonds. The summed E-state index contributed by atoms with van der Waals surface area (Å²) in [6.45, 7) is 0. The number of hydrogen-bond acceptors (Lipinski definition) is 3. The summed E-state index contributed by atoms with van der Waals surface area (Å²) in [6, 6.07) is 18.8. The van der Waals surface area contributed by atoms with E-state index in [4.69, 9.17) is 11.6 Å². The molecule has 0 fully saturated rings. The number of hydrogen-bond donors (Lipinski definition) is 1. The fourth-order valence-electron chi connectivity index (χ4n) is 2.73. The van der Waals surface area contributed by atoms with Gasteiger partial charge in [0, 0.05) is 5.56 Å². The van der Waals surface area contributed by atoms with Gasteiger partial charge in [0.15, 0.2) is 5.78 Å². The standard InChI is InChI=1S/C19H12ClN3O/c20-19-21-11-14-17(23-19)15(18(24)13-9-5-2-6-10-13)16(22-14)12-7-3-1-4-8-12/h1-11,22H. The van der Waals surface area contributed by atoms with Gasteiger partial charge in [0.25, 0.3) is 0 Å². The zero-order valence-electron chi connectivity index (χ0n) is 12.5. The molecule has 2 aromatic carbocycles. The number of rotatable bonds is 3. The highest BCUT2D eigenvalue weighted by molar-refractivity contribution is 6.29. The lowest BCUT2D eigenvalue weighted by Gasteiger charge is -2.04. The van der Waals surface area contributed by atoms with E-state index in [0.29, 0.717) is 22.2 Å². The van der Waals surface area contributed by atoms with E-state index in [-0.39, 0.29) is 11.1 Å². The molecule has 0 saturated heterocycles. The van der Waals surface area contributed by atoms with Crippen molar-refractivity contribution in [1.29, 1.82) is 0 Å². The van der Waals surface area contributed by atoms with Crippen molar-refractivity contribution in [2.24, 2.45) is 0 Å². The monoisotopic (exact) mass is 333 g/mol. The summed E-state index contributed by atoms with van der Waals surface area (Å²) in [7, 11) is 0. The van der Waals surface area contributed by atoms with Gasteiger partial charge in [-0.25, -0.2) is 9.97 Å². The molecule has 0 aliphatic heterocycles. The number of aromatic amines is 1. The number of H-pyrrole nitrogens is 1. The van der Waals surface area contributed by atoms with Crippen LogP contribution in [0.1, 0.15) is 15.9 Å². The number of fused-ring (bicyclic) bond motifs is 1. The van der Waals surface area contributed by atoms with Crippen LogP contribution in [0.2, 0.25) is 5.28 Å². The van der Waals surface area contributed by atoms with Crippen molar-refractivity contribution in [3.05, 3.63) is 83.3 Å². The highest BCUT2D eigenvalue weighted by atomic mass is 35.5. The summed E-state index contributed by atoms with van der Waals surface area (Å²) in [5.41, 5.74) is 3.94. The SMILES string of the molecule is O=C(c1ccccc1)c1c(-c2ccccc2)[nH]c2cnc(Cl)nc12. The average Bonchev–Trinajstić information content (AvgIpc) is 3.01. The second kappa shape index (κ2) is 5.91. The molecule has 2 heterocycles. The minimum absolute atomic E-state index is 0.101. The maximum atomic E-state index is 13.1. The minimum Gasteiger partial charge on any atom is -0.351 e. The summed E-state index contributed by atoms with van der Waals surface area (Å²) in [5.74, 6) is -0.101. The maximum absolute atomic E-state index is 13.1. The predicted molar refractivity (Wildman–Crippen MR) is 94.2 cm³/mol. The zero-order chi connectivity index (χ0) is 16.5. The molecule has 0 bridgehead atoms. The molecule has 0 spiro atoms. The van der Waals surface area contributed by atoms with Crippen LogP contribution in [0, 0.1) is 0 Å². The lowest BCUT2D eigenvalue weighted by molar-refractivity contribution is 0.104. The first-order chi connectivity index (χ1) is 11.7. The largest absolute Gasteiger partial charge is 0.351 e. The van der Waals surface area contributed by atoms with Gasteiger partial charge in [-0.15, -0.1) is 0 Å². The van der Waals surface area contributed by atoms with Crippen LogP contribution >= 0.6 is 11.6 Å². The zero-order valence-corrected chi connectivity index (χ0v) is 13.3. The normalized spacial score (nSPS) is 10.9. The van der Waals surface area contributed by atoms with E-state index in [1.807, 2.05) is 48.5 Å². The van der Waals surface area contributed by atoms with Crippen molar-refractivity contribution < 1.29 is 4.79 Å². The van der Waals surface area contributed by atoms with E-state index in [0.717, 1.165) is 11.3 Å². The Balaban J connectivity index is 2.01. The van der Waals surface area contributed by atoms with Crippen LogP contribution in [0.5, 0.6) is 0 Å².